The Balaban J connectivity index is 1.82. The van der Waals surface area contributed by atoms with Crippen LogP contribution in [0.1, 0.15) is 35.2 Å². The van der Waals surface area contributed by atoms with E-state index >= 15 is 0 Å². The van der Waals surface area contributed by atoms with E-state index in [0.29, 0.717) is 38.2 Å². The molecule has 2 rings (SSSR count). The molecule has 0 aromatic heterocycles. The normalized spacial score (nSPS) is 14.7. The highest BCUT2D eigenvalue weighted by atomic mass is 16.4. The molecule has 0 radical (unpaired) electrons. The Morgan fingerprint density at radius 3 is 2.30 bits per heavy atom. The Morgan fingerprint density at radius 1 is 1.04 bits per heavy atom. The first-order valence-corrected chi connectivity index (χ1v) is 7.81. The van der Waals surface area contributed by atoms with Crippen molar-refractivity contribution in [2.24, 2.45) is 0 Å². The molecule has 1 aromatic rings. The molecule has 0 spiro atoms. The molecule has 1 aliphatic rings. The Morgan fingerprint density at radius 2 is 1.70 bits per heavy atom. The second-order valence-corrected chi connectivity index (χ2v) is 5.77. The molecule has 124 valence electrons. The molecule has 0 aliphatic carbocycles. The van der Waals surface area contributed by atoms with Crippen molar-refractivity contribution in [3.63, 3.8) is 0 Å². The number of aliphatic carboxylic acids is 1. The summed E-state index contributed by atoms with van der Waals surface area (Å²) in [5, 5.41) is 10.4. The maximum atomic E-state index is 12.4. The van der Waals surface area contributed by atoms with Gasteiger partial charge >= 0.3 is 0 Å². The minimum Gasteiger partial charge on any atom is -0.550 e. The van der Waals surface area contributed by atoms with E-state index in [0.717, 1.165) is 5.56 Å². The summed E-state index contributed by atoms with van der Waals surface area (Å²) >= 11 is 0. The molecule has 6 heteroatoms. The molecule has 1 fully saturated rings. The van der Waals surface area contributed by atoms with Crippen LogP contribution in [-0.2, 0) is 9.59 Å². The van der Waals surface area contributed by atoms with Crippen LogP contribution in [0.5, 0.6) is 0 Å². The summed E-state index contributed by atoms with van der Waals surface area (Å²) < 4.78 is 0. The van der Waals surface area contributed by atoms with E-state index in [4.69, 9.17) is 0 Å². The lowest BCUT2D eigenvalue weighted by Gasteiger charge is -2.35. The summed E-state index contributed by atoms with van der Waals surface area (Å²) in [6.07, 6.45) is 0.404. The zero-order chi connectivity index (χ0) is 16.8. The van der Waals surface area contributed by atoms with E-state index in [1.165, 1.54) is 0 Å². The number of carbonyl (C=O) groups is 3. The summed E-state index contributed by atoms with van der Waals surface area (Å²) in [6, 6.07) is 7.46. The average molecular weight is 317 g/mol. The van der Waals surface area contributed by atoms with E-state index in [-0.39, 0.29) is 24.7 Å². The highest BCUT2D eigenvalue weighted by Gasteiger charge is 2.24. The number of nitrogens with zero attached hydrogens (tertiary/aromatic N) is 2. The molecule has 0 unspecified atom stereocenters. The largest absolute Gasteiger partial charge is 0.550 e. The summed E-state index contributed by atoms with van der Waals surface area (Å²) in [7, 11) is 0. The maximum absolute atomic E-state index is 12.4. The van der Waals surface area contributed by atoms with Crippen LogP contribution in [0, 0.1) is 6.92 Å². The SMILES string of the molecule is Cc1cccc(C(=O)N2CCN(C(=O)CCCC(=O)[O-])CC2)c1. The summed E-state index contributed by atoms with van der Waals surface area (Å²) in [4.78, 5) is 38.2. The highest BCUT2D eigenvalue weighted by Crippen LogP contribution is 2.12. The smallest absolute Gasteiger partial charge is 0.253 e. The van der Waals surface area contributed by atoms with Crippen molar-refractivity contribution in [1.82, 2.24) is 9.80 Å². The standard InChI is InChI=1S/C17H22N2O4/c1-13-4-2-5-14(12-13)17(23)19-10-8-18(9-11-19)15(20)6-3-7-16(21)22/h2,4-5,12H,3,6-11H2,1H3,(H,21,22)/p-1. The Hall–Kier alpha value is -2.37. The minimum atomic E-state index is -1.13. The van der Waals surface area contributed by atoms with Crippen LogP contribution in [0.4, 0.5) is 0 Å². The van der Waals surface area contributed by atoms with E-state index < -0.39 is 5.97 Å². The third kappa shape index (κ3) is 4.81. The van der Waals surface area contributed by atoms with E-state index in [2.05, 4.69) is 0 Å². The predicted molar refractivity (Wildman–Crippen MR) is 82.5 cm³/mol. The van der Waals surface area contributed by atoms with Gasteiger partial charge in [-0.25, -0.2) is 0 Å². The van der Waals surface area contributed by atoms with Crippen LogP contribution in [0.15, 0.2) is 24.3 Å². The van der Waals surface area contributed by atoms with E-state index in [1.807, 2.05) is 25.1 Å². The number of piperazine rings is 1. The number of aryl methyl sites for hydroxylation is 1. The van der Waals surface area contributed by atoms with Crippen LogP contribution in [0.25, 0.3) is 0 Å². The van der Waals surface area contributed by atoms with Gasteiger partial charge in [0, 0.05) is 44.1 Å². The van der Waals surface area contributed by atoms with Gasteiger partial charge in [0.05, 0.1) is 0 Å². The molecule has 6 nitrogen and oxygen atoms in total. The van der Waals surface area contributed by atoms with Crippen molar-refractivity contribution in [2.45, 2.75) is 26.2 Å². The van der Waals surface area contributed by atoms with Crippen molar-refractivity contribution in [3.8, 4) is 0 Å². The van der Waals surface area contributed by atoms with Crippen molar-refractivity contribution < 1.29 is 19.5 Å². The molecular weight excluding hydrogens is 296 g/mol. The second-order valence-electron chi connectivity index (χ2n) is 5.77. The summed E-state index contributed by atoms with van der Waals surface area (Å²) in [5.41, 5.74) is 1.70. The van der Waals surface area contributed by atoms with Crippen molar-refractivity contribution in [3.05, 3.63) is 35.4 Å². The van der Waals surface area contributed by atoms with Gasteiger partial charge in [-0.2, -0.15) is 0 Å². The van der Waals surface area contributed by atoms with Crippen LogP contribution >= 0.6 is 0 Å². The van der Waals surface area contributed by atoms with Gasteiger partial charge in [-0.05, 0) is 31.9 Å². The number of amides is 2. The number of carboxylic acids is 1. The van der Waals surface area contributed by atoms with Gasteiger partial charge in [-0.3, -0.25) is 9.59 Å². The quantitative estimate of drug-likeness (QED) is 0.777. The lowest BCUT2D eigenvalue weighted by Crippen LogP contribution is -2.50. The number of hydrogen-bond acceptors (Lipinski definition) is 4. The van der Waals surface area contributed by atoms with Crippen molar-refractivity contribution in [2.75, 3.05) is 26.2 Å². The van der Waals surface area contributed by atoms with Gasteiger partial charge < -0.3 is 19.7 Å². The lowest BCUT2D eigenvalue weighted by molar-refractivity contribution is -0.305. The van der Waals surface area contributed by atoms with Gasteiger partial charge in [0.2, 0.25) is 5.91 Å². The lowest BCUT2D eigenvalue weighted by atomic mass is 10.1. The Labute approximate surface area is 135 Å². The van der Waals surface area contributed by atoms with Crippen molar-refractivity contribution in [1.29, 1.82) is 0 Å². The molecule has 0 saturated carbocycles. The molecule has 1 aliphatic heterocycles. The first-order valence-electron chi connectivity index (χ1n) is 7.81. The fourth-order valence-corrected chi connectivity index (χ4v) is 2.66. The van der Waals surface area contributed by atoms with E-state index in [9.17, 15) is 19.5 Å². The molecule has 0 atom stereocenters. The van der Waals surface area contributed by atoms with Gasteiger partial charge in [0.25, 0.3) is 5.91 Å². The first-order chi connectivity index (χ1) is 11.0. The molecular formula is C17H21N2O4-. The van der Waals surface area contributed by atoms with Crippen LogP contribution in [0.2, 0.25) is 0 Å². The summed E-state index contributed by atoms with van der Waals surface area (Å²) in [5.74, 6) is -1.21. The third-order valence-electron chi connectivity index (χ3n) is 3.96. The molecule has 2 amide bonds. The molecule has 0 N–H and O–H groups in total. The molecule has 23 heavy (non-hydrogen) atoms. The molecule has 0 bridgehead atoms. The van der Waals surface area contributed by atoms with Crippen LogP contribution in [-0.4, -0.2) is 53.8 Å². The number of carboxylic acid groups (broad SMARTS) is 1. The number of rotatable bonds is 5. The zero-order valence-corrected chi connectivity index (χ0v) is 13.3. The maximum Gasteiger partial charge on any atom is 0.253 e. The number of benzene rings is 1. The number of carbonyl (C=O) groups excluding carboxylic acids is 3. The van der Waals surface area contributed by atoms with Gasteiger partial charge in [-0.15, -0.1) is 0 Å². The predicted octanol–water partition coefficient (Wildman–Crippen LogP) is 0.200. The monoisotopic (exact) mass is 317 g/mol. The molecule has 1 saturated heterocycles. The fourth-order valence-electron chi connectivity index (χ4n) is 2.66. The zero-order valence-electron chi connectivity index (χ0n) is 13.3. The first kappa shape index (κ1) is 17.0. The minimum absolute atomic E-state index is 0.0160. The average Bonchev–Trinajstić information content (AvgIpc) is 2.54. The second kappa shape index (κ2) is 7.76. The Bertz CT molecular complexity index is 592. The van der Waals surface area contributed by atoms with Gasteiger partial charge in [0.15, 0.2) is 0 Å². The fraction of sp³-hybridized carbons (Fsp3) is 0.471. The topological polar surface area (TPSA) is 80.8 Å². The van der Waals surface area contributed by atoms with Gasteiger partial charge in [-0.1, -0.05) is 17.7 Å². The van der Waals surface area contributed by atoms with Gasteiger partial charge in [0.1, 0.15) is 0 Å². The molecule has 1 aromatic carbocycles. The highest BCUT2D eigenvalue weighted by molar-refractivity contribution is 5.94. The van der Waals surface area contributed by atoms with Crippen molar-refractivity contribution >= 4 is 17.8 Å². The number of hydrogen-bond donors (Lipinski definition) is 0. The molecule has 1 heterocycles. The Kier molecular flexibility index (Phi) is 5.73. The van der Waals surface area contributed by atoms with Crippen LogP contribution < -0.4 is 5.11 Å². The van der Waals surface area contributed by atoms with E-state index in [1.54, 1.807) is 15.9 Å². The van der Waals surface area contributed by atoms with Crippen LogP contribution in [0.3, 0.4) is 0 Å². The third-order valence-corrected chi connectivity index (χ3v) is 3.96. The summed E-state index contributed by atoms with van der Waals surface area (Å²) in [6.45, 7) is 3.92.